The lowest BCUT2D eigenvalue weighted by Gasteiger charge is -2.15. The van der Waals surface area contributed by atoms with Crippen LogP contribution in [-0.2, 0) is 13.0 Å². The Hall–Kier alpha value is -3.35. The number of nitrogens with one attached hydrogen (secondary N) is 2. The molecule has 7 heteroatoms. The Balaban J connectivity index is 1.46. The van der Waals surface area contributed by atoms with Gasteiger partial charge in [-0.15, -0.1) is 0 Å². The molecule has 2 amide bonds. The van der Waals surface area contributed by atoms with Gasteiger partial charge in [0.15, 0.2) is 5.82 Å². The van der Waals surface area contributed by atoms with E-state index in [1.807, 2.05) is 55.6 Å². The van der Waals surface area contributed by atoms with Gasteiger partial charge in [0, 0.05) is 36.7 Å². The normalized spacial score (nSPS) is 11.6. The predicted octanol–water partition coefficient (Wildman–Crippen LogP) is 3.10. The second-order valence-electron chi connectivity index (χ2n) is 6.55. The molecule has 3 rings (SSSR count). The number of methoxy groups -OCH3 is 1. The summed E-state index contributed by atoms with van der Waals surface area (Å²) >= 11 is 0. The number of carbonyl (C=O) groups is 1. The van der Waals surface area contributed by atoms with Gasteiger partial charge in [0.25, 0.3) is 0 Å². The molecule has 7 nitrogen and oxygen atoms in total. The van der Waals surface area contributed by atoms with Crippen molar-refractivity contribution in [2.75, 3.05) is 7.11 Å². The molecule has 146 valence electrons. The van der Waals surface area contributed by atoms with Crippen LogP contribution in [0.25, 0.3) is 5.82 Å². The van der Waals surface area contributed by atoms with E-state index in [0.29, 0.717) is 12.4 Å². The summed E-state index contributed by atoms with van der Waals surface area (Å²) in [5.74, 6) is 1.56. The fourth-order valence-electron chi connectivity index (χ4n) is 2.87. The van der Waals surface area contributed by atoms with Crippen LogP contribution in [0.2, 0.25) is 0 Å². The molecule has 0 fully saturated rings. The second kappa shape index (κ2) is 9.55. The fourth-order valence-corrected chi connectivity index (χ4v) is 2.87. The van der Waals surface area contributed by atoms with Crippen LogP contribution in [0.3, 0.4) is 0 Å². The van der Waals surface area contributed by atoms with Crippen molar-refractivity contribution in [2.24, 2.45) is 0 Å². The summed E-state index contributed by atoms with van der Waals surface area (Å²) in [5, 5.41) is 10.1. The van der Waals surface area contributed by atoms with Crippen LogP contribution >= 0.6 is 0 Å². The van der Waals surface area contributed by atoms with Crippen LogP contribution in [0.1, 0.15) is 24.5 Å². The van der Waals surface area contributed by atoms with E-state index in [2.05, 4.69) is 20.7 Å². The van der Waals surface area contributed by atoms with E-state index < -0.39 is 0 Å². The molecule has 1 unspecified atom stereocenters. The van der Waals surface area contributed by atoms with Crippen molar-refractivity contribution in [2.45, 2.75) is 32.4 Å². The molecule has 1 aromatic carbocycles. The summed E-state index contributed by atoms with van der Waals surface area (Å²) in [6.07, 6.45) is 6.97. The molecule has 0 bridgehead atoms. The van der Waals surface area contributed by atoms with E-state index in [0.717, 1.165) is 24.2 Å². The minimum Gasteiger partial charge on any atom is -0.497 e. The Morgan fingerprint density at radius 3 is 2.71 bits per heavy atom. The number of amides is 2. The van der Waals surface area contributed by atoms with E-state index >= 15 is 0 Å². The monoisotopic (exact) mass is 379 g/mol. The number of hydrogen-bond acceptors (Lipinski definition) is 4. The molecular weight excluding hydrogens is 354 g/mol. The Morgan fingerprint density at radius 2 is 2.00 bits per heavy atom. The summed E-state index contributed by atoms with van der Waals surface area (Å²) in [5.41, 5.74) is 2.11. The number of benzene rings is 1. The number of aromatic nitrogens is 3. The van der Waals surface area contributed by atoms with Crippen molar-refractivity contribution in [3.8, 4) is 11.6 Å². The highest BCUT2D eigenvalue weighted by Gasteiger charge is 2.10. The minimum absolute atomic E-state index is 0.0570. The molecule has 0 saturated carbocycles. The smallest absolute Gasteiger partial charge is 0.315 e. The number of urea groups is 1. The lowest BCUT2D eigenvalue weighted by atomic mass is 10.1. The molecule has 2 heterocycles. The lowest BCUT2D eigenvalue weighted by Crippen LogP contribution is -2.40. The zero-order valence-electron chi connectivity index (χ0n) is 16.1. The molecule has 0 radical (unpaired) electrons. The number of hydrogen-bond donors (Lipinski definition) is 2. The van der Waals surface area contributed by atoms with Crippen LogP contribution in [0.5, 0.6) is 5.75 Å². The van der Waals surface area contributed by atoms with Gasteiger partial charge in [-0.1, -0.05) is 18.2 Å². The Kier molecular flexibility index (Phi) is 6.62. The molecule has 0 saturated heterocycles. The Morgan fingerprint density at radius 1 is 1.18 bits per heavy atom. The fraction of sp³-hybridized carbons (Fsp3) is 0.286. The molecule has 28 heavy (non-hydrogen) atoms. The van der Waals surface area contributed by atoms with E-state index in [9.17, 15) is 4.79 Å². The predicted molar refractivity (Wildman–Crippen MR) is 108 cm³/mol. The van der Waals surface area contributed by atoms with Gasteiger partial charge in [-0.2, -0.15) is 5.10 Å². The molecule has 2 N–H and O–H groups in total. The van der Waals surface area contributed by atoms with Crippen molar-refractivity contribution in [3.63, 3.8) is 0 Å². The molecule has 3 aromatic rings. The third-order valence-electron chi connectivity index (χ3n) is 4.43. The maximum atomic E-state index is 12.2. The first-order valence-electron chi connectivity index (χ1n) is 9.27. The molecule has 2 aromatic heterocycles. The van der Waals surface area contributed by atoms with Crippen molar-refractivity contribution < 1.29 is 9.53 Å². The van der Waals surface area contributed by atoms with E-state index in [1.54, 1.807) is 24.2 Å². The van der Waals surface area contributed by atoms with Gasteiger partial charge < -0.3 is 15.4 Å². The molecule has 1 atom stereocenters. The van der Waals surface area contributed by atoms with E-state index in [4.69, 9.17) is 4.74 Å². The van der Waals surface area contributed by atoms with Crippen molar-refractivity contribution in [3.05, 3.63) is 72.2 Å². The molecular formula is C21H25N5O2. The third kappa shape index (κ3) is 5.33. The summed E-state index contributed by atoms with van der Waals surface area (Å²) in [6.45, 7) is 2.38. The quantitative estimate of drug-likeness (QED) is 0.630. The Labute approximate surface area is 164 Å². The highest BCUT2D eigenvalue weighted by molar-refractivity contribution is 5.74. The zero-order valence-corrected chi connectivity index (χ0v) is 16.1. The van der Waals surface area contributed by atoms with Crippen LogP contribution in [-0.4, -0.2) is 33.9 Å². The van der Waals surface area contributed by atoms with Gasteiger partial charge in [0.2, 0.25) is 0 Å². The first-order chi connectivity index (χ1) is 13.7. The van der Waals surface area contributed by atoms with E-state index in [-0.39, 0.29) is 12.1 Å². The topological polar surface area (TPSA) is 81.1 Å². The highest BCUT2D eigenvalue weighted by Crippen LogP contribution is 2.13. The van der Waals surface area contributed by atoms with Crippen molar-refractivity contribution in [1.82, 2.24) is 25.4 Å². The van der Waals surface area contributed by atoms with Crippen molar-refractivity contribution in [1.29, 1.82) is 0 Å². The average Bonchev–Trinajstić information content (AvgIpc) is 3.26. The van der Waals surface area contributed by atoms with Gasteiger partial charge in [0.1, 0.15) is 5.75 Å². The average molecular weight is 379 g/mol. The number of pyridine rings is 1. The summed E-state index contributed by atoms with van der Waals surface area (Å²) in [4.78, 5) is 16.6. The number of ether oxygens (including phenoxy) is 1. The number of nitrogens with zero attached hydrogens (tertiary/aromatic N) is 3. The third-order valence-corrected chi connectivity index (χ3v) is 4.43. The summed E-state index contributed by atoms with van der Waals surface area (Å²) < 4.78 is 6.85. The molecule has 0 aliphatic heterocycles. The molecule has 0 aliphatic rings. The molecule has 0 aliphatic carbocycles. The zero-order chi connectivity index (χ0) is 19.8. The van der Waals surface area contributed by atoms with Gasteiger partial charge >= 0.3 is 6.03 Å². The van der Waals surface area contributed by atoms with E-state index in [1.165, 1.54) is 5.56 Å². The standard InChI is InChI=1S/C21H25N5O2/c1-16(6-7-17-8-10-19(28-2)11-9-17)25-21(27)23-15-18-5-3-12-22-20(18)26-14-4-13-24-26/h3-5,8-14,16H,6-7,15H2,1-2H3,(H2,23,25,27). The number of rotatable bonds is 8. The maximum Gasteiger partial charge on any atom is 0.315 e. The van der Waals surface area contributed by atoms with Gasteiger partial charge in [0.05, 0.1) is 7.11 Å². The summed E-state index contributed by atoms with van der Waals surface area (Å²) in [7, 11) is 1.66. The largest absolute Gasteiger partial charge is 0.497 e. The molecule has 0 spiro atoms. The summed E-state index contributed by atoms with van der Waals surface area (Å²) in [6, 6.07) is 13.5. The first-order valence-corrected chi connectivity index (χ1v) is 9.27. The number of carbonyl (C=O) groups excluding carboxylic acids is 1. The van der Waals surface area contributed by atoms with Crippen LogP contribution in [0.15, 0.2) is 61.1 Å². The Bertz CT molecular complexity index is 878. The van der Waals surface area contributed by atoms with Gasteiger partial charge in [-0.05, 0) is 49.6 Å². The van der Waals surface area contributed by atoms with Crippen LogP contribution in [0, 0.1) is 0 Å². The SMILES string of the molecule is COc1ccc(CCC(C)NC(=O)NCc2cccnc2-n2cccn2)cc1. The van der Waals surface area contributed by atoms with Gasteiger partial charge in [-0.3, -0.25) is 0 Å². The second-order valence-corrected chi connectivity index (χ2v) is 6.55. The maximum absolute atomic E-state index is 12.2. The van der Waals surface area contributed by atoms with Crippen molar-refractivity contribution >= 4 is 6.03 Å². The van der Waals surface area contributed by atoms with Crippen LogP contribution in [0.4, 0.5) is 4.79 Å². The lowest BCUT2D eigenvalue weighted by molar-refractivity contribution is 0.237. The minimum atomic E-state index is -0.197. The van der Waals surface area contributed by atoms with Crippen LogP contribution < -0.4 is 15.4 Å². The van der Waals surface area contributed by atoms with Gasteiger partial charge in [-0.25, -0.2) is 14.5 Å². The highest BCUT2D eigenvalue weighted by atomic mass is 16.5. The number of aryl methyl sites for hydroxylation is 1. The first kappa shape index (κ1) is 19.4.